The normalized spacial score (nSPS) is 17.9. The number of aliphatic hydroxyl groups excluding tert-OH is 1. The first-order chi connectivity index (χ1) is 15.0. The van der Waals surface area contributed by atoms with Crippen LogP contribution < -0.4 is 4.74 Å². The number of aromatic hydroxyl groups is 1. The van der Waals surface area contributed by atoms with Gasteiger partial charge in [-0.25, -0.2) is 0 Å². The first kappa shape index (κ1) is 22.4. The standard InChI is InChI=1S/C24H27NO6/c1-3-30-15-5-14-25-21(16-6-10-18(26)11-7-16)20(23(28)24(25)29)22(27)17-8-12-19(13-9-17)31-4-2/h6-13,21,26-27H,3-5,14-15H2,1-2H3/b22-20+. The van der Waals surface area contributed by atoms with Crippen LogP contribution in [0.3, 0.4) is 0 Å². The van der Waals surface area contributed by atoms with E-state index in [0.29, 0.717) is 49.7 Å². The lowest BCUT2D eigenvalue weighted by atomic mass is 9.95. The molecular weight excluding hydrogens is 398 g/mol. The van der Waals surface area contributed by atoms with E-state index >= 15 is 0 Å². The molecule has 0 aliphatic carbocycles. The number of Topliss-reactive ketones (excluding diaryl/α,β-unsaturated/α-hetero) is 1. The molecule has 1 saturated heterocycles. The quantitative estimate of drug-likeness (QED) is 0.276. The summed E-state index contributed by atoms with van der Waals surface area (Å²) in [4.78, 5) is 27.2. The van der Waals surface area contributed by atoms with Gasteiger partial charge in [0.1, 0.15) is 17.3 Å². The second-order valence-corrected chi connectivity index (χ2v) is 7.09. The maximum Gasteiger partial charge on any atom is 0.295 e. The van der Waals surface area contributed by atoms with E-state index in [-0.39, 0.29) is 17.1 Å². The largest absolute Gasteiger partial charge is 0.508 e. The van der Waals surface area contributed by atoms with Gasteiger partial charge in [-0.1, -0.05) is 12.1 Å². The third kappa shape index (κ3) is 4.88. The Labute approximate surface area is 181 Å². The van der Waals surface area contributed by atoms with Crippen LogP contribution in [0.2, 0.25) is 0 Å². The second-order valence-electron chi connectivity index (χ2n) is 7.09. The number of carbonyl (C=O) groups excluding carboxylic acids is 2. The molecule has 2 N–H and O–H groups in total. The van der Waals surface area contributed by atoms with Crippen LogP contribution >= 0.6 is 0 Å². The highest BCUT2D eigenvalue weighted by molar-refractivity contribution is 6.46. The Kier molecular flexibility index (Phi) is 7.31. The fourth-order valence-corrected chi connectivity index (χ4v) is 3.63. The average molecular weight is 425 g/mol. The number of likely N-dealkylation sites (tertiary alicyclic amines) is 1. The van der Waals surface area contributed by atoms with Gasteiger partial charge >= 0.3 is 0 Å². The van der Waals surface area contributed by atoms with Crippen molar-refractivity contribution in [1.82, 2.24) is 4.90 Å². The monoisotopic (exact) mass is 425 g/mol. The molecule has 164 valence electrons. The Morgan fingerprint density at radius 3 is 2.29 bits per heavy atom. The van der Waals surface area contributed by atoms with E-state index in [0.717, 1.165) is 0 Å². The number of ketones is 1. The van der Waals surface area contributed by atoms with Gasteiger partial charge < -0.3 is 24.6 Å². The van der Waals surface area contributed by atoms with Crippen LogP contribution in [0.1, 0.15) is 37.4 Å². The van der Waals surface area contributed by atoms with Gasteiger partial charge in [-0.05, 0) is 62.2 Å². The summed E-state index contributed by atoms with van der Waals surface area (Å²) < 4.78 is 10.8. The minimum absolute atomic E-state index is 0.0243. The lowest BCUT2D eigenvalue weighted by Gasteiger charge is -2.25. The molecule has 0 saturated carbocycles. The number of rotatable bonds is 9. The highest BCUT2D eigenvalue weighted by atomic mass is 16.5. The van der Waals surface area contributed by atoms with Crippen molar-refractivity contribution in [2.24, 2.45) is 0 Å². The summed E-state index contributed by atoms with van der Waals surface area (Å²) in [5.41, 5.74) is 1.07. The van der Waals surface area contributed by atoms with Crippen molar-refractivity contribution in [2.75, 3.05) is 26.4 Å². The Hall–Kier alpha value is -3.32. The molecule has 0 radical (unpaired) electrons. The maximum atomic E-state index is 12.9. The lowest BCUT2D eigenvalue weighted by molar-refractivity contribution is -0.140. The number of hydrogen-bond acceptors (Lipinski definition) is 6. The SMILES string of the molecule is CCOCCCN1C(=O)C(=O)/C(=C(/O)c2ccc(OCC)cc2)C1c1ccc(O)cc1. The minimum atomic E-state index is -0.756. The van der Waals surface area contributed by atoms with Crippen molar-refractivity contribution in [3.63, 3.8) is 0 Å². The van der Waals surface area contributed by atoms with Crippen LogP contribution in [0.25, 0.3) is 5.76 Å². The first-order valence-electron chi connectivity index (χ1n) is 10.4. The van der Waals surface area contributed by atoms with E-state index in [9.17, 15) is 19.8 Å². The fraction of sp³-hybridized carbons (Fsp3) is 0.333. The van der Waals surface area contributed by atoms with Crippen LogP contribution in [0.4, 0.5) is 0 Å². The zero-order chi connectivity index (χ0) is 22.4. The predicted molar refractivity (Wildman–Crippen MR) is 116 cm³/mol. The van der Waals surface area contributed by atoms with Gasteiger partial charge in [0.05, 0.1) is 18.2 Å². The van der Waals surface area contributed by atoms with E-state index in [1.165, 1.54) is 17.0 Å². The summed E-state index contributed by atoms with van der Waals surface area (Å²) in [5.74, 6) is -0.927. The topological polar surface area (TPSA) is 96.3 Å². The van der Waals surface area contributed by atoms with Crippen LogP contribution in [-0.4, -0.2) is 53.2 Å². The van der Waals surface area contributed by atoms with Crippen LogP contribution in [0, 0.1) is 0 Å². The Bertz CT molecular complexity index is 949. The molecule has 0 spiro atoms. The van der Waals surface area contributed by atoms with E-state index < -0.39 is 17.7 Å². The van der Waals surface area contributed by atoms with E-state index in [1.807, 2.05) is 13.8 Å². The van der Waals surface area contributed by atoms with Gasteiger partial charge in [-0.3, -0.25) is 9.59 Å². The molecule has 1 aliphatic rings. The number of aliphatic hydroxyl groups is 1. The molecule has 1 fully saturated rings. The van der Waals surface area contributed by atoms with E-state index in [1.54, 1.807) is 36.4 Å². The third-order valence-electron chi connectivity index (χ3n) is 5.08. The zero-order valence-corrected chi connectivity index (χ0v) is 17.7. The molecule has 31 heavy (non-hydrogen) atoms. The van der Waals surface area contributed by atoms with Gasteiger partial charge in [0.25, 0.3) is 11.7 Å². The minimum Gasteiger partial charge on any atom is -0.508 e. The molecule has 2 aromatic carbocycles. The van der Waals surface area contributed by atoms with Gasteiger partial charge in [0.2, 0.25) is 0 Å². The Morgan fingerprint density at radius 1 is 1.00 bits per heavy atom. The molecule has 1 heterocycles. The van der Waals surface area contributed by atoms with Gasteiger partial charge in [-0.15, -0.1) is 0 Å². The number of phenols is 1. The van der Waals surface area contributed by atoms with Crippen LogP contribution in [-0.2, 0) is 14.3 Å². The summed E-state index contributed by atoms with van der Waals surface area (Å²) in [7, 11) is 0. The smallest absolute Gasteiger partial charge is 0.295 e. The highest BCUT2D eigenvalue weighted by Gasteiger charge is 2.45. The Balaban J connectivity index is 2.02. The lowest BCUT2D eigenvalue weighted by Crippen LogP contribution is -2.31. The van der Waals surface area contributed by atoms with Gasteiger partial charge in [0.15, 0.2) is 0 Å². The third-order valence-corrected chi connectivity index (χ3v) is 5.08. The number of phenolic OH excluding ortho intramolecular Hbond substituents is 1. The second kappa shape index (κ2) is 10.1. The number of hydrogen-bond donors (Lipinski definition) is 2. The van der Waals surface area contributed by atoms with Crippen molar-refractivity contribution in [1.29, 1.82) is 0 Å². The maximum absolute atomic E-state index is 12.9. The molecule has 3 rings (SSSR count). The van der Waals surface area contributed by atoms with E-state index in [4.69, 9.17) is 9.47 Å². The molecule has 1 atom stereocenters. The summed E-state index contributed by atoms with van der Waals surface area (Å²) in [5, 5.41) is 20.7. The summed E-state index contributed by atoms with van der Waals surface area (Å²) in [6, 6.07) is 12.2. The van der Waals surface area contributed by atoms with Gasteiger partial charge in [-0.2, -0.15) is 0 Å². The Morgan fingerprint density at radius 2 is 1.68 bits per heavy atom. The molecule has 1 amide bonds. The molecule has 2 aromatic rings. The number of nitrogens with zero attached hydrogens (tertiary/aromatic N) is 1. The van der Waals surface area contributed by atoms with Gasteiger partial charge in [0, 0.05) is 25.3 Å². The molecule has 7 heteroatoms. The molecule has 0 bridgehead atoms. The molecular formula is C24H27NO6. The molecule has 7 nitrogen and oxygen atoms in total. The van der Waals surface area contributed by atoms with Crippen molar-refractivity contribution in [3.05, 3.63) is 65.2 Å². The molecule has 1 aliphatic heterocycles. The summed E-state index contributed by atoms with van der Waals surface area (Å²) in [6.07, 6.45) is 0.554. The van der Waals surface area contributed by atoms with E-state index in [2.05, 4.69) is 0 Å². The highest BCUT2D eigenvalue weighted by Crippen LogP contribution is 2.40. The average Bonchev–Trinajstić information content (AvgIpc) is 3.02. The number of amides is 1. The van der Waals surface area contributed by atoms with Crippen molar-refractivity contribution in [2.45, 2.75) is 26.3 Å². The van der Waals surface area contributed by atoms with Crippen molar-refractivity contribution < 1.29 is 29.3 Å². The molecule has 1 unspecified atom stereocenters. The van der Waals surface area contributed by atoms with Crippen molar-refractivity contribution in [3.8, 4) is 11.5 Å². The summed E-state index contributed by atoms with van der Waals surface area (Å²) in [6.45, 7) is 5.60. The zero-order valence-electron chi connectivity index (χ0n) is 17.7. The number of ether oxygens (including phenoxy) is 2. The first-order valence-corrected chi connectivity index (χ1v) is 10.4. The molecule has 0 aromatic heterocycles. The fourth-order valence-electron chi connectivity index (χ4n) is 3.63. The van der Waals surface area contributed by atoms with Crippen LogP contribution in [0.15, 0.2) is 54.1 Å². The predicted octanol–water partition coefficient (Wildman–Crippen LogP) is 3.64. The van der Waals surface area contributed by atoms with Crippen molar-refractivity contribution >= 4 is 17.4 Å². The number of benzene rings is 2. The van der Waals surface area contributed by atoms with Crippen LogP contribution in [0.5, 0.6) is 11.5 Å². The number of carbonyl (C=O) groups is 2. The summed E-state index contributed by atoms with van der Waals surface area (Å²) >= 11 is 0.